The summed E-state index contributed by atoms with van der Waals surface area (Å²) in [5.74, 6) is 1.37. The van der Waals surface area contributed by atoms with Crippen LogP contribution < -0.4 is 14.8 Å². The third-order valence-corrected chi connectivity index (χ3v) is 4.04. The molecule has 0 radical (unpaired) electrons. The van der Waals surface area contributed by atoms with Gasteiger partial charge in [0, 0.05) is 12.6 Å². The van der Waals surface area contributed by atoms with E-state index >= 15 is 0 Å². The van der Waals surface area contributed by atoms with E-state index in [0.717, 1.165) is 17.9 Å². The number of ether oxygens (including phenoxy) is 2. The Kier molecular flexibility index (Phi) is 4.04. The fourth-order valence-corrected chi connectivity index (χ4v) is 2.86. The second-order valence-electron chi connectivity index (χ2n) is 5.27. The molecule has 0 saturated heterocycles. The van der Waals surface area contributed by atoms with Gasteiger partial charge in [-0.05, 0) is 42.7 Å². The summed E-state index contributed by atoms with van der Waals surface area (Å²) in [4.78, 5) is 0. The lowest BCUT2D eigenvalue weighted by atomic mass is 10.0. The molecule has 0 unspecified atom stereocenters. The summed E-state index contributed by atoms with van der Waals surface area (Å²) in [7, 11) is 0. The lowest BCUT2D eigenvalue weighted by Gasteiger charge is -2.17. The molecule has 2 aromatic carbocycles. The molecule has 0 spiro atoms. The van der Waals surface area contributed by atoms with Crippen molar-refractivity contribution in [3.8, 4) is 11.5 Å². The van der Waals surface area contributed by atoms with Crippen LogP contribution in [-0.4, -0.2) is 6.79 Å². The van der Waals surface area contributed by atoms with E-state index in [9.17, 15) is 0 Å². The van der Waals surface area contributed by atoms with Gasteiger partial charge in [-0.3, -0.25) is 0 Å². The maximum atomic E-state index is 6.20. The van der Waals surface area contributed by atoms with Gasteiger partial charge in [-0.1, -0.05) is 35.9 Å². The molecule has 1 aliphatic rings. The third kappa shape index (κ3) is 2.99. The van der Waals surface area contributed by atoms with Crippen LogP contribution in [0, 0.1) is 6.92 Å². The molecule has 1 aliphatic heterocycles. The fraction of sp³-hybridized carbons (Fsp3) is 0.294. The molecule has 110 valence electrons. The summed E-state index contributed by atoms with van der Waals surface area (Å²) in [6.45, 7) is 5.26. The van der Waals surface area contributed by atoms with E-state index in [0.29, 0.717) is 10.8 Å². The summed E-state index contributed by atoms with van der Waals surface area (Å²) in [5.41, 5.74) is 3.69. The van der Waals surface area contributed by atoms with Gasteiger partial charge in [0.25, 0.3) is 0 Å². The van der Waals surface area contributed by atoms with E-state index in [-0.39, 0.29) is 12.8 Å². The van der Waals surface area contributed by atoms with Crippen LogP contribution in [0.15, 0.2) is 36.4 Å². The van der Waals surface area contributed by atoms with Gasteiger partial charge in [-0.25, -0.2) is 0 Å². The Balaban J connectivity index is 1.71. The SMILES string of the molecule is Cc1ccccc1[C@H](C)NCc1cc(Cl)c2c(c1)OCO2. The van der Waals surface area contributed by atoms with Crippen LogP contribution in [0.5, 0.6) is 11.5 Å². The van der Waals surface area contributed by atoms with Crippen LogP contribution in [0.3, 0.4) is 0 Å². The predicted molar refractivity (Wildman–Crippen MR) is 84.0 cm³/mol. The second-order valence-corrected chi connectivity index (χ2v) is 5.68. The molecule has 4 heteroatoms. The maximum Gasteiger partial charge on any atom is 0.231 e. The summed E-state index contributed by atoms with van der Waals surface area (Å²) < 4.78 is 10.7. The molecule has 3 nitrogen and oxygen atoms in total. The zero-order valence-electron chi connectivity index (χ0n) is 12.2. The molecule has 0 saturated carbocycles. The van der Waals surface area contributed by atoms with Crippen molar-refractivity contribution >= 4 is 11.6 Å². The molecule has 2 aromatic rings. The van der Waals surface area contributed by atoms with Crippen LogP contribution >= 0.6 is 11.6 Å². The average molecular weight is 304 g/mol. The largest absolute Gasteiger partial charge is 0.454 e. The van der Waals surface area contributed by atoms with E-state index in [1.54, 1.807) is 0 Å². The molecule has 0 bridgehead atoms. The van der Waals surface area contributed by atoms with Crippen molar-refractivity contribution in [2.45, 2.75) is 26.4 Å². The van der Waals surface area contributed by atoms with Crippen molar-refractivity contribution in [2.24, 2.45) is 0 Å². The maximum absolute atomic E-state index is 6.20. The molecular weight excluding hydrogens is 286 g/mol. The molecule has 0 amide bonds. The fourth-order valence-electron chi connectivity index (χ4n) is 2.58. The van der Waals surface area contributed by atoms with Crippen LogP contribution in [0.2, 0.25) is 5.02 Å². The molecule has 0 fully saturated rings. The lowest BCUT2D eigenvalue weighted by molar-refractivity contribution is 0.174. The van der Waals surface area contributed by atoms with Crippen molar-refractivity contribution in [1.82, 2.24) is 5.32 Å². The number of halogens is 1. The molecule has 1 heterocycles. The van der Waals surface area contributed by atoms with E-state index < -0.39 is 0 Å². The van der Waals surface area contributed by atoms with Gasteiger partial charge < -0.3 is 14.8 Å². The van der Waals surface area contributed by atoms with E-state index in [1.165, 1.54) is 11.1 Å². The second kappa shape index (κ2) is 5.96. The average Bonchev–Trinajstić information content (AvgIpc) is 2.94. The standard InChI is InChI=1S/C17H18ClNO2/c1-11-5-3-4-6-14(11)12(2)19-9-13-7-15(18)17-16(8-13)20-10-21-17/h3-8,12,19H,9-10H2,1-2H3/t12-/m0/s1. The highest BCUT2D eigenvalue weighted by molar-refractivity contribution is 6.32. The molecule has 0 aliphatic carbocycles. The first kappa shape index (κ1) is 14.2. The van der Waals surface area contributed by atoms with Crippen molar-refractivity contribution in [1.29, 1.82) is 0 Å². The number of rotatable bonds is 4. The lowest BCUT2D eigenvalue weighted by Crippen LogP contribution is -2.18. The Labute approximate surface area is 129 Å². The molecule has 1 atom stereocenters. The highest BCUT2D eigenvalue weighted by atomic mass is 35.5. The molecule has 3 rings (SSSR count). The molecule has 1 N–H and O–H groups in total. The predicted octanol–water partition coefficient (Wildman–Crippen LogP) is 4.23. The number of fused-ring (bicyclic) bond motifs is 1. The summed E-state index contributed by atoms with van der Waals surface area (Å²) in [6, 6.07) is 12.6. The van der Waals surface area contributed by atoms with Crippen LogP contribution in [-0.2, 0) is 6.54 Å². The number of nitrogens with one attached hydrogen (secondary N) is 1. The van der Waals surface area contributed by atoms with Crippen molar-refractivity contribution in [3.05, 3.63) is 58.1 Å². The monoisotopic (exact) mass is 303 g/mol. The van der Waals surface area contributed by atoms with Gasteiger partial charge in [0.15, 0.2) is 11.5 Å². The number of hydrogen-bond donors (Lipinski definition) is 1. The zero-order chi connectivity index (χ0) is 14.8. The summed E-state index contributed by atoms with van der Waals surface area (Å²) in [6.07, 6.45) is 0. The number of benzene rings is 2. The Morgan fingerprint density at radius 2 is 2.05 bits per heavy atom. The minimum atomic E-state index is 0.242. The summed E-state index contributed by atoms with van der Waals surface area (Å²) >= 11 is 6.20. The first-order valence-electron chi connectivity index (χ1n) is 7.02. The van der Waals surface area contributed by atoms with Crippen LogP contribution in [0.25, 0.3) is 0 Å². The minimum Gasteiger partial charge on any atom is -0.454 e. The van der Waals surface area contributed by atoms with Gasteiger partial charge in [-0.2, -0.15) is 0 Å². The number of hydrogen-bond acceptors (Lipinski definition) is 3. The first-order chi connectivity index (χ1) is 10.1. The van der Waals surface area contributed by atoms with E-state index in [1.807, 2.05) is 12.1 Å². The highest BCUT2D eigenvalue weighted by Gasteiger charge is 2.18. The van der Waals surface area contributed by atoms with Crippen molar-refractivity contribution < 1.29 is 9.47 Å². The number of aryl methyl sites for hydroxylation is 1. The van der Waals surface area contributed by atoms with Gasteiger partial charge >= 0.3 is 0 Å². The van der Waals surface area contributed by atoms with Gasteiger partial charge in [0.1, 0.15) is 0 Å². The third-order valence-electron chi connectivity index (χ3n) is 3.75. The Morgan fingerprint density at radius 3 is 2.86 bits per heavy atom. The van der Waals surface area contributed by atoms with Gasteiger partial charge in [0.05, 0.1) is 5.02 Å². The Bertz CT molecular complexity index is 657. The quantitative estimate of drug-likeness (QED) is 0.917. The normalized spacial score (nSPS) is 14.2. The van der Waals surface area contributed by atoms with Crippen LogP contribution in [0.1, 0.15) is 29.7 Å². The van der Waals surface area contributed by atoms with Crippen LogP contribution in [0.4, 0.5) is 0 Å². The van der Waals surface area contributed by atoms with E-state index in [2.05, 4.69) is 43.4 Å². The van der Waals surface area contributed by atoms with E-state index in [4.69, 9.17) is 21.1 Å². The Hall–Kier alpha value is -1.71. The molecule has 0 aromatic heterocycles. The Morgan fingerprint density at radius 1 is 1.24 bits per heavy atom. The van der Waals surface area contributed by atoms with Gasteiger partial charge in [-0.15, -0.1) is 0 Å². The topological polar surface area (TPSA) is 30.5 Å². The smallest absolute Gasteiger partial charge is 0.231 e. The van der Waals surface area contributed by atoms with Gasteiger partial charge in [0.2, 0.25) is 6.79 Å². The first-order valence-corrected chi connectivity index (χ1v) is 7.40. The molecule has 21 heavy (non-hydrogen) atoms. The summed E-state index contributed by atoms with van der Waals surface area (Å²) in [5, 5.41) is 4.12. The molecular formula is C17H18ClNO2. The highest BCUT2D eigenvalue weighted by Crippen LogP contribution is 2.39. The van der Waals surface area contributed by atoms with Crippen molar-refractivity contribution in [2.75, 3.05) is 6.79 Å². The van der Waals surface area contributed by atoms with Crippen molar-refractivity contribution in [3.63, 3.8) is 0 Å². The minimum absolute atomic E-state index is 0.242. The zero-order valence-corrected chi connectivity index (χ0v) is 12.9.